The number of rotatable bonds is 5. The lowest BCUT2D eigenvalue weighted by molar-refractivity contribution is -0.127. The Labute approximate surface area is 116 Å². The van der Waals surface area contributed by atoms with Gasteiger partial charge in [-0.2, -0.15) is 0 Å². The Bertz CT molecular complexity index is 532. The third kappa shape index (κ3) is 3.11. The Balaban J connectivity index is 1.98. The minimum Gasteiger partial charge on any atom is -0.481 e. The average Bonchev–Trinajstić information content (AvgIpc) is 2.81. The molecule has 0 radical (unpaired) electrons. The van der Waals surface area contributed by atoms with E-state index in [4.69, 9.17) is 4.74 Å². The predicted octanol–water partition coefficient (Wildman–Crippen LogP) is 0.458. The van der Waals surface area contributed by atoms with Crippen LogP contribution in [0.25, 0.3) is 0 Å². The SMILES string of the molecule is C=CCN1CC(C(=O)Nc2cc(OC)ncn2)CC1=O. The molecule has 7 nitrogen and oxygen atoms in total. The number of carbonyl (C=O) groups excluding carboxylic acids is 2. The second kappa shape index (κ2) is 6.14. The lowest BCUT2D eigenvalue weighted by atomic mass is 10.1. The highest BCUT2D eigenvalue weighted by molar-refractivity contribution is 5.96. The third-order valence-corrected chi connectivity index (χ3v) is 3.04. The third-order valence-electron chi connectivity index (χ3n) is 3.04. The number of likely N-dealkylation sites (tertiary alicyclic amines) is 1. The first-order valence-corrected chi connectivity index (χ1v) is 6.19. The summed E-state index contributed by atoms with van der Waals surface area (Å²) in [6.07, 6.45) is 3.16. The molecule has 1 saturated heterocycles. The zero-order chi connectivity index (χ0) is 14.5. The van der Waals surface area contributed by atoms with E-state index in [1.807, 2.05) is 0 Å². The summed E-state index contributed by atoms with van der Waals surface area (Å²) in [5.41, 5.74) is 0. The van der Waals surface area contributed by atoms with E-state index in [1.54, 1.807) is 11.0 Å². The van der Waals surface area contributed by atoms with Gasteiger partial charge in [-0.25, -0.2) is 9.97 Å². The number of carbonyl (C=O) groups is 2. The first-order chi connectivity index (χ1) is 9.63. The Kier molecular flexibility index (Phi) is 4.29. The van der Waals surface area contributed by atoms with Crippen LogP contribution in [0, 0.1) is 5.92 Å². The molecule has 1 N–H and O–H groups in total. The largest absolute Gasteiger partial charge is 0.481 e. The van der Waals surface area contributed by atoms with Crippen molar-refractivity contribution in [2.24, 2.45) is 5.92 Å². The summed E-state index contributed by atoms with van der Waals surface area (Å²) in [5, 5.41) is 2.67. The Morgan fingerprint density at radius 3 is 3.15 bits per heavy atom. The van der Waals surface area contributed by atoms with Gasteiger partial charge in [0.05, 0.1) is 13.0 Å². The summed E-state index contributed by atoms with van der Waals surface area (Å²) in [6.45, 7) is 4.45. The first kappa shape index (κ1) is 14.0. The van der Waals surface area contributed by atoms with Crippen molar-refractivity contribution in [2.75, 3.05) is 25.5 Å². The van der Waals surface area contributed by atoms with Crippen molar-refractivity contribution >= 4 is 17.6 Å². The van der Waals surface area contributed by atoms with Gasteiger partial charge in [0.15, 0.2) is 0 Å². The van der Waals surface area contributed by atoms with Gasteiger partial charge in [-0.05, 0) is 0 Å². The molecule has 1 aromatic heterocycles. The molecule has 0 spiro atoms. The fraction of sp³-hybridized carbons (Fsp3) is 0.385. The van der Waals surface area contributed by atoms with Gasteiger partial charge in [0, 0.05) is 25.6 Å². The molecule has 1 aromatic rings. The number of hydrogen-bond acceptors (Lipinski definition) is 5. The quantitative estimate of drug-likeness (QED) is 0.790. The Hall–Kier alpha value is -2.44. The highest BCUT2D eigenvalue weighted by Gasteiger charge is 2.33. The molecule has 0 saturated carbocycles. The van der Waals surface area contributed by atoms with Crippen molar-refractivity contribution in [2.45, 2.75) is 6.42 Å². The highest BCUT2D eigenvalue weighted by atomic mass is 16.5. The molecule has 1 aliphatic heterocycles. The van der Waals surface area contributed by atoms with Crippen LogP contribution < -0.4 is 10.1 Å². The van der Waals surface area contributed by atoms with E-state index < -0.39 is 0 Å². The minimum atomic E-state index is -0.372. The van der Waals surface area contributed by atoms with Crippen LogP contribution in [0.3, 0.4) is 0 Å². The standard InChI is InChI=1S/C13H16N4O3/c1-3-4-17-7-9(5-12(17)18)13(19)16-10-6-11(20-2)15-8-14-10/h3,6,8-9H,1,4-5,7H2,2H3,(H,14,15,16,19). The maximum atomic E-state index is 12.1. The second-order valence-corrected chi connectivity index (χ2v) is 4.42. The van der Waals surface area contributed by atoms with Crippen molar-refractivity contribution in [3.05, 3.63) is 25.0 Å². The summed E-state index contributed by atoms with van der Waals surface area (Å²) in [6, 6.07) is 1.52. The molecule has 7 heteroatoms. The zero-order valence-corrected chi connectivity index (χ0v) is 11.2. The van der Waals surface area contributed by atoms with E-state index in [1.165, 1.54) is 19.5 Å². The monoisotopic (exact) mass is 276 g/mol. The van der Waals surface area contributed by atoms with E-state index in [2.05, 4.69) is 21.9 Å². The molecule has 1 fully saturated rings. The van der Waals surface area contributed by atoms with Crippen LogP contribution in [0.4, 0.5) is 5.82 Å². The van der Waals surface area contributed by atoms with Crippen molar-refractivity contribution in [1.29, 1.82) is 0 Å². The van der Waals surface area contributed by atoms with Gasteiger partial charge in [0.25, 0.3) is 0 Å². The van der Waals surface area contributed by atoms with Crippen molar-refractivity contribution < 1.29 is 14.3 Å². The van der Waals surface area contributed by atoms with Crippen molar-refractivity contribution in [3.63, 3.8) is 0 Å². The summed E-state index contributed by atoms with van der Waals surface area (Å²) in [5.74, 6) is 0.0851. The van der Waals surface area contributed by atoms with Gasteiger partial charge in [-0.1, -0.05) is 6.08 Å². The molecular weight excluding hydrogens is 260 g/mol. The number of ether oxygens (including phenoxy) is 1. The number of anilines is 1. The lowest BCUT2D eigenvalue weighted by Crippen LogP contribution is -2.28. The van der Waals surface area contributed by atoms with Gasteiger partial charge < -0.3 is 15.0 Å². The average molecular weight is 276 g/mol. The summed E-state index contributed by atoms with van der Waals surface area (Å²) >= 11 is 0. The normalized spacial score (nSPS) is 17.9. The van der Waals surface area contributed by atoms with E-state index in [0.29, 0.717) is 24.8 Å². The predicted molar refractivity (Wildman–Crippen MR) is 72.1 cm³/mol. The van der Waals surface area contributed by atoms with Crippen LogP contribution in [0.5, 0.6) is 5.88 Å². The maximum absolute atomic E-state index is 12.1. The van der Waals surface area contributed by atoms with E-state index in [-0.39, 0.29) is 24.2 Å². The highest BCUT2D eigenvalue weighted by Crippen LogP contribution is 2.20. The molecule has 106 valence electrons. The van der Waals surface area contributed by atoms with Crippen LogP contribution in [0.2, 0.25) is 0 Å². The molecule has 1 unspecified atom stereocenters. The number of nitrogens with one attached hydrogen (secondary N) is 1. The Morgan fingerprint density at radius 1 is 1.65 bits per heavy atom. The molecule has 1 atom stereocenters. The molecule has 0 bridgehead atoms. The van der Waals surface area contributed by atoms with Gasteiger partial charge >= 0.3 is 0 Å². The number of aromatic nitrogens is 2. The molecule has 20 heavy (non-hydrogen) atoms. The molecule has 2 amide bonds. The molecule has 0 aromatic carbocycles. The van der Waals surface area contributed by atoms with Crippen molar-refractivity contribution in [1.82, 2.24) is 14.9 Å². The number of nitrogens with zero attached hydrogens (tertiary/aromatic N) is 3. The van der Waals surface area contributed by atoms with E-state index >= 15 is 0 Å². The summed E-state index contributed by atoms with van der Waals surface area (Å²) in [7, 11) is 1.48. The second-order valence-electron chi connectivity index (χ2n) is 4.42. The van der Waals surface area contributed by atoms with Crippen LogP contribution >= 0.6 is 0 Å². The van der Waals surface area contributed by atoms with Gasteiger partial charge in [0.1, 0.15) is 12.1 Å². The van der Waals surface area contributed by atoms with Crippen molar-refractivity contribution in [3.8, 4) is 5.88 Å². The summed E-state index contributed by atoms with van der Waals surface area (Å²) < 4.78 is 4.95. The number of methoxy groups -OCH3 is 1. The van der Waals surface area contributed by atoms with Crippen LogP contribution in [-0.4, -0.2) is 46.9 Å². The molecule has 1 aliphatic rings. The molecular formula is C13H16N4O3. The maximum Gasteiger partial charge on any atom is 0.230 e. The molecule has 2 rings (SSSR count). The summed E-state index contributed by atoms with van der Waals surface area (Å²) in [4.78, 5) is 33.2. The van der Waals surface area contributed by atoms with Crippen LogP contribution in [-0.2, 0) is 9.59 Å². The number of hydrogen-bond donors (Lipinski definition) is 1. The smallest absolute Gasteiger partial charge is 0.230 e. The van der Waals surface area contributed by atoms with Gasteiger partial charge in [-0.3, -0.25) is 9.59 Å². The fourth-order valence-corrected chi connectivity index (χ4v) is 2.03. The topological polar surface area (TPSA) is 84.4 Å². The van der Waals surface area contributed by atoms with E-state index in [0.717, 1.165) is 0 Å². The lowest BCUT2D eigenvalue weighted by Gasteiger charge is -2.13. The number of amides is 2. The minimum absolute atomic E-state index is 0.0367. The van der Waals surface area contributed by atoms with Gasteiger partial charge in [-0.15, -0.1) is 6.58 Å². The zero-order valence-electron chi connectivity index (χ0n) is 11.2. The van der Waals surface area contributed by atoms with Crippen LogP contribution in [0.1, 0.15) is 6.42 Å². The molecule has 0 aliphatic carbocycles. The fourth-order valence-electron chi connectivity index (χ4n) is 2.03. The molecule has 2 heterocycles. The first-order valence-electron chi connectivity index (χ1n) is 6.19. The Morgan fingerprint density at radius 2 is 2.45 bits per heavy atom. The van der Waals surface area contributed by atoms with E-state index in [9.17, 15) is 9.59 Å². The van der Waals surface area contributed by atoms with Crippen LogP contribution in [0.15, 0.2) is 25.0 Å². The van der Waals surface area contributed by atoms with Gasteiger partial charge in [0.2, 0.25) is 17.7 Å².